The lowest BCUT2D eigenvalue weighted by atomic mass is 9.66. The number of fused-ring (bicyclic) bond motifs is 1. The van der Waals surface area contributed by atoms with Gasteiger partial charge in [-0.15, -0.1) is 0 Å². The normalized spacial score (nSPS) is 38.5. The van der Waals surface area contributed by atoms with Crippen LogP contribution in [-0.2, 0) is 9.53 Å². The van der Waals surface area contributed by atoms with Gasteiger partial charge in [-0.05, 0) is 64.2 Å². The van der Waals surface area contributed by atoms with Gasteiger partial charge in [0.15, 0.2) is 0 Å². The number of carbonyl (C=O) groups is 2. The van der Waals surface area contributed by atoms with Crippen molar-refractivity contribution in [2.45, 2.75) is 71.4 Å². The highest BCUT2D eigenvalue weighted by molar-refractivity contribution is 5.82. The van der Waals surface area contributed by atoms with Gasteiger partial charge < -0.3 is 9.64 Å². The zero-order chi connectivity index (χ0) is 16.1. The lowest BCUT2D eigenvalue weighted by Gasteiger charge is -2.50. The fraction of sp³-hybridized carbons (Fsp3) is 0.889. The minimum absolute atomic E-state index is 0.0344. The average molecular weight is 307 g/mol. The number of carbonyl (C=O) groups excluding carboxylic acids is 2. The van der Waals surface area contributed by atoms with Gasteiger partial charge in [-0.1, -0.05) is 6.92 Å². The Bertz CT molecular complexity index is 467. The molecule has 0 aromatic heterocycles. The number of hydrogen-bond acceptors (Lipinski definition) is 3. The van der Waals surface area contributed by atoms with Crippen molar-refractivity contribution in [1.82, 2.24) is 4.90 Å². The molecular formula is C18H29NO3. The number of likely N-dealkylation sites (tertiary alicyclic amines) is 1. The summed E-state index contributed by atoms with van der Waals surface area (Å²) in [6.45, 7) is 8.55. The van der Waals surface area contributed by atoms with Crippen LogP contribution in [0.5, 0.6) is 0 Å². The number of ether oxygens (including phenoxy) is 1. The summed E-state index contributed by atoms with van der Waals surface area (Å²) in [5, 5.41) is 0. The Morgan fingerprint density at radius 2 is 1.95 bits per heavy atom. The third-order valence-corrected chi connectivity index (χ3v) is 5.67. The van der Waals surface area contributed by atoms with E-state index in [1.165, 1.54) is 6.42 Å². The van der Waals surface area contributed by atoms with Crippen molar-refractivity contribution in [2.75, 3.05) is 6.54 Å². The first kappa shape index (κ1) is 15.8. The van der Waals surface area contributed by atoms with Crippen molar-refractivity contribution in [3.05, 3.63) is 0 Å². The van der Waals surface area contributed by atoms with Gasteiger partial charge >= 0.3 is 6.09 Å². The van der Waals surface area contributed by atoms with Gasteiger partial charge in [0, 0.05) is 24.9 Å². The van der Waals surface area contributed by atoms with E-state index in [1.54, 1.807) is 0 Å². The summed E-state index contributed by atoms with van der Waals surface area (Å²) in [5.41, 5.74) is -0.483. The zero-order valence-electron chi connectivity index (χ0n) is 14.3. The molecule has 0 radical (unpaired) electrons. The van der Waals surface area contributed by atoms with E-state index >= 15 is 0 Å². The highest BCUT2D eigenvalue weighted by Gasteiger charge is 2.49. The van der Waals surface area contributed by atoms with Gasteiger partial charge in [0.25, 0.3) is 0 Å². The molecule has 5 atom stereocenters. The quantitative estimate of drug-likeness (QED) is 0.686. The number of hydrogen-bond donors (Lipinski definition) is 0. The van der Waals surface area contributed by atoms with Crippen LogP contribution >= 0.6 is 0 Å². The van der Waals surface area contributed by atoms with E-state index in [-0.39, 0.29) is 18.1 Å². The fourth-order valence-electron chi connectivity index (χ4n) is 4.80. The summed E-state index contributed by atoms with van der Waals surface area (Å²) >= 11 is 0. The molecule has 1 amide bonds. The molecule has 1 saturated heterocycles. The van der Waals surface area contributed by atoms with Crippen LogP contribution in [0.15, 0.2) is 0 Å². The van der Waals surface area contributed by atoms with E-state index in [0.29, 0.717) is 36.5 Å². The molecule has 0 aromatic carbocycles. The SMILES string of the molecule is C[C@H]1CC2C3CC(CN2C(=O)OC(C)(C)C)C(=O)CC[C@@H]3C1. The van der Waals surface area contributed by atoms with Crippen LogP contribution in [0.3, 0.4) is 0 Å². The van der Waals surface area contributed by atoms with Gasteiger partial charge in [0.05, 0.1) is 0 Å². The highest BCUT2D eigenvalue weighted by atomic mass is 16.6. The molecule has 0 spiro atoms. The third-order valence-electron chi connectivity index (χ3n) is 5.67. The van der Waals surface area contributed by atoms with E-state index in [0.717, 1.165) is 19.3 Å². The highest BCUT2D eigenvalue weighted by Crippen LogP contribution is 2.47. The van der Waals surface area contributed by atoms with Crippen molar-refractivity contribution in [1.29, 1.82) is 0 Å². The Labute approximate surface area is 133 Å². The zero-order valence-corrected chi connectivity index (χ0v) is 14.3. The molecule has 3 unspecified atom stereocenters. The molecule has 2 bridgehead atoms. The number of ketones is 1. The molecule has 22 heavy (non-hydrogen) atoms. The maximum atomic E-state index is 12.7. The van der Waals surface area contributed by atoms with Crippen LogP contribution < -0.4 is 0 Å². The molecular weight excluding hydrogens is 278 g/mol. The van der Waals surface area contributed by atoms with Crippen LogP contribution in [-0.4, -0.2) is 35.0 Å². The molecule has 1 aliphatic heterocycles. The van der Waals surface area contributed by atoms with Crippen LogP contribution in [0.4, 0.5) is 4.79 Å². The van der Waals surface area contributed by atoms with Crippen molar-refractivity contribution in [3.63, 3.8) is 0 Å². The van der Waals surface area contributed by atoms with Gasteiger partial charge in [-0.25, -0.2) is 4.79 Å². The number of rotatable bonds is 0. The Balaban J connectivity index is 1.86. The Kier molecular flexibility index (Phi) is 3.98. The molecule has 2 saturated carbocycles. The maximum absolute atomic E-state index is 12.7. The maximum Gasteiger partial charge on any atom is 0.410 e. The minimum Gasteiger partial charge on any atom is -0.444 e. The lowest BCUT2D eigenvalue weighted by molar-refractivity contribution is -0.125. The smallest absolute Gasteiger partial charge is 0.410 e. The van der Waals surface area contributed by atoms with Crippen molar-refractivity contribution in [3.8, 4) is 0 Å². The summed E-state index contributed by atoms with van der Waals surface area (Å²) in [6.07, 6.45) is 4.75. The van der Waals surface area contributed by atoms with E-state index in [1.807, 2.05) is 25.7 Å². The van der Waals surface area contributed by atoms with Crippen molar-refractivity contribution < 1.29 is 14.3 Å². The van der Waals surface area contributed by atoms with E-state index < -0.39 is 5.60 Å². The monoisotopic (exact) mass is 307 g/mol. The fourth-order valence-corrected chi connectivity index (χ4v) is 4.80. The second kappa shape index (κ2) is 5.54. The van der Waals surface area contributed by atoms with Crippen LogP contribution in [0.25, 0.3) is 0 Å². The summed E-state index contributed by atoms with van der Waals surface area (Å²) in [5.74, 6) is 2.11. The first-order valence-electron chi connectivity index (χ1n) is 8.77. The predicted octanol–water partition coefficient (Wildman–Crippen LogP) is 3.64. The second-order valence-electron chi connectivity index (χ2n) is 8.64. The Hall–Kier alpha value is -1.06. The second-order valence-corrected chi connectivity index (χ2v) is 8.64. The summed E-state index contributed by atoms with van der Waals surface area (Å²) in [7, 11) is 0. The minimum atomic E-state index is -0.483. The van der Waals surface area contributed by atoms with E-state index in [4.69, 9.17) is 4.74 Å². The molecule has 3 aliphatic rings. The number of amides is 1. The number of piperidine rings is 1. The molecule has 0 aromatic rings. The average Bonchev–Trinajstić information content (AvgIpc) is 2.53. The van der Waals surface area contributed by atoms with Gasteiger partial charge in [0.2, 0.25) is 0 Å². The van der Waals surface area contributed by atoms with Crippen molar-refractivity contribution in [2.24, 2.45) is 23.7 Å². The van der Waals surface area contributed by atoms with Gasteiger partial charge in [0.1, 0.15) is 11.4 Å². The molecule has 3 rings (SSSR count). The first-order chi connectivity index (χ1) is 10.2. The Morgan fingerprint density at radius 1 is 1.23 bits per heavy atom. The lowest BCUT2D eigenvalue weighted by Crippen LogP contribution is -2.56. The standard InChI is InChI=1S/C18H29NO3/c1-11-7-12-5-6-16(20)13-9-14(12)15(8-11)19(10-13)17(21)22-18(2,3)4/h11-15H,5-10H2,1-4H3/t11-,12-,13?,14?,15?/m1/s1. The van der Waals surface area contributed by atoms with Gasteiger partial charge in [-0.2, -0.15) is 0 Å². The third kappa shape index (κ3) is 3.02. The topological polar surface area (TPSA) is 46.6 Å². The summed E-state index contributed by atoms with van der Waals surface area (Å²) < 4.78 is 5.62. The molecule has 4 heteroatoms. The van der Waals surface area contributed by atoms with Crippen LogP contribution in [0.1, 0.15) is 59.8 Å². The molecule has 1 heterocycles. The van der Waals surface area contributed by atoms with Crippen LogP contribution in [0.2, 0.25) is 0 Å². The summed E-state index contributed by atoms with van der Waals surface area (Å²) in [6, 6.07) is 0.269. The predicted molar refractivity (Wildman–Crippen MR) is 84.5 cm³/mol. The molecule has 124 valence electrons. The summed E-state index contributed by atoms with van der Waals surface area (Å²) in [4.78, 5) is 26.9. The first-order valence-corrected chi connectivity index (χ1v) is 8.77. The van der Waals surface area contributed by atoms with E-state index in [9.17, 15) is 9.59 Å². The molecule has 4 nitrogen and oxygen atoms in total. The molecule has 3 fully saturated rings. The molecule has 0 N–H and O–H groups in total. The van der Waals surface area contributed by atoms with Gasteiger partial charge in [-0.3, -0.25) is 4.79 Å². The number of nitrogens with zero attached hydrogens (tertiary/aromatic N) is 1. The largest absolute Gasteiger partial charge is 0.444 e. The molecule has 2 aliphatic carbocycles. The van der Waals surface area contributed by atoms with Crippen molar-refractivity contribution >= 4 is 11.9 Å². The number of Topliss-reactive ketones (excluding diaryl/α,β-unsaturated/α-hetero) is 1. The van der Waals surface area contributed by atoms with Crippen LogP contribution in [0, 0.1) is 23.7 Å². The van der Waals surface area contributed by atoms with E-state index in [2.05, 4.69) is 6.92 Å². The Morgan fingerprint density at radius 3 is 2.64 bits per heavy atom.